The highest BCUT2D eigenvalue weighted by Gasteiger charge is 2.26. The zero-order valence-electron chi connectivity index (χ0n) is 9.32. The average Bonchev–Trinajstić information content (AvgIpc) is 2.36. The molecule has 0 bridgehead atoms. The molecule has 2 aliphatic carbocycles. The molecule has 16 heavy (non-hydrogen) atoms. The molecule has 1 aromatic carbocycles. The van der Waals surface area contributed by atoms with Crippen molar-refractivity contribution in [1.29, 1.82) is 0 Å². The Bertz CT molecular complexity index is 468. The van der Waals surface area contributed by atoms with Crippen molar-refractivity contribution >= 4 is 0 Å². The Morgan fingerprint density at radius 3 is 3.00 bits per heavy atom. The topological polar surface area (TPSA) is 20.2 Å². The van der Waals surface area contributed by atoms with E-state index in [-0.39, 0.29) is 12.5 Å². The summed E-state index contributed by atoms with van der Waals surface area (Å²) in [4.78, 5) is 0. The zero-order chi connectivity index (χ0) is 11.0. The molecule has 0 spiro atoms. The van der Waals surface area contributed by atoms with Crippen LogP contribution >= 0.6 is 0 Å². The molecular formula is C15H16O. The molecule has 0 saturated carbocycles. The first-order valence-electron chi connectivity index (χ1n) is 5.97. The summed E-state index contributed by atoms with van der Waals surface area (Å²) in [5.74, 6) is 0.205. The fourth-order valence-electron chi connectivity index (χ4n) is 2.91. The predicted octanol–water partition coefficient (Wildman–Crippen LogP) is 2.97. The van der Waals surface area contributed by atoms with Crippen molar-refractivity contribution in [3.05, 3.63) is 58.7 Å². The van der Waals surface area contributed by atoms with Gasteiger partial charge < -0.3 is 5.11 Å². The van der Waals surface area contributed by atoms with Crippen LogP contribution in [-0.4, -0.2) is 11.7 Å². The van der Waals surface area contributed by atoms with Gasteiger partial charge >= 0.3 is 0 Å². The van der Waals surface area contributed by atoms with Gasteiger partial charge in [-0.2, -0.15) is 0 Å². The summed E-state index contributed by atoms with van der Waals surface area (Å²) in [6.45, 7) is 0.222. The van der Waals surface area contributed by atoms with Crippen molar-refractivity contribution in [3.8, 4) is 0 Å². The van der Waals surface area contributed by atoms with Crippen LogP contribution in [0.15, 0.2) is 47.6 Å². The lowest BCUT2D eigenvalue weighted by molar-refractivity contribution is 0.278. The van der Waals surface area contributed by atoms with Crippen molar-refractivity contribution in [2.24, 2.45) is 0 Å². The maximum absolute atomic E-state index is 9.61. The van der Waals surface area contributed by atoms with Crippen molar-refractivity contribution in [2.75, 3.05) is 6.61 Å². The number of rotatable bonds is 1. The van der Waals surface area contributed by atoms with Crippen LogP contribution in [0.5, 0.6) is 0 Å². The number of aliphatic hydroxyl groups is 1. The smallest absolute Gasteiger partial charge is 0.0540 e. The molecule has 0 saturated heterocycles. The summed E-state index contributed by atoms with van der Waals surface area (Å²) >= 11 is 0. The molecule has 3 rings (SSSR count). The maximum atomic E-state index is 9.61. The van der Waals surface area contributed by atoms with Gasteiger partial charge in [-0.1, -0.05) is 42.0 Å². The lowest BCUT2D eigenvalue weighted by atomic mass is 9.75. The molecule has 1 nitrogen and oxygen atoms in total. The van der Waals surface area contributed by atoms with E-state index in [1.165, 1.54) is 22.3 Å². The van der Waals surface area contributed by atoms with Crippen LogP contribution in [-0.2, 0) is 6.42 Å². The SMILES string of the molecule is OCC1C2=C(CCC=C2)Cc2ccccc21. The van der Waals surface area contributed by atoms with Gasteiger partial charge in [0.2, 0.25) is 0 Å². The zero-order valence-corrected chi connectivity index (χ0v) is 9.32. The van der Waals surface area contributed by atoms with Crippen molar-refractivity contribution < 1.29 is 5.11 Å². The molecule has 2 aliphatic rings. The van der Waals surface area contributed by atoms with Gasteiger partial charge in [-0.05, 0) is 36.0 Å². The molecule has 0 amide bonds. The van der Waals surface area contributed by atoms with Crippen LogP contribution < -0.4 is 0 Å². The van der Waals surface area contributed by atoms with E-state index in [1.807, 2.05) is 0 Å². The van der Waals surface area contributed by atoms with Gasteiger partial charge in [-0.3, -0.25) is 0 Å². The third kappa shape index (κ3) is 1.43. The van der Waals surface area contributed by atoms with E-state index >= 15 is 0 Å². The average molecular weight is 212 g/mol. The molecular weight excluding hydrogens is 196 g/mol. The lowest BCUT2D eigenvalue weighted by Crippen LogP contribution is -2.18. The molecule has 0 radical (unpaired) electrons. The molecule has 0 fully saturated rings. The van der Waals surface area contributed by atoms with Crippen molar-refractivity contribution in [1.82, 2.24) is 0 Å². The number of hydrogen-bond acceptors (Lipinski definition) is 1. The standard InChI is InChI=1S/C15H16O/c16-10-15-13-7-3-1-5-11(13)9-12-6-2-4-8-14(12)15/h1,3-5,7-8,15-16H,2,6,9-10H2. The molecule has 1 heteroatoms. The van der Waals surface area contributed by atoms with E-state index in [2.05, 4.69) is 36.4 Å². The molecule has 0 aliphatic heterocycles. The van der Waals surface area contributed by atoms with E-state index in [0.29, 0.717) is 0 Å². The fraction of sp³-hybridized carbons (Fsp3) is 0.333. The van der Waals surface area contributed by atoms with Gasteiger partial charge in [0.05, 0.1) is 6.61 Å². The Morgan fingerprint density at radius 1 is 1.25 bits per heavy atom. The first-order chi connectivity index (χ1) is 7.90. The van der Waals surface area contributed by atoms with Gasteiger partial charge in [0, 0.05) is 5.92 Å². The summed E-state index contributed by atoms with van der Waals surface area (Å²) in [6.07, 6.45) is 7.84. The van der Waals surface area contributed by atoms with Crippen LogP contribution in [0.25, 0.3) is 0 Å². The van der Waals surface area contributed by atoms with Crippen LogP contribution in [0.3, 0.4) is 0 Å². The highest BCUT2D eigenvalue weighted by Crippen LogP contribution is 2.39. The van der Waals surface area contributed by atoms with E-state index in [4.69, 9.17) is 0 Å². The summed E-state index contributed by atoms with van der Waals surface area (Å²) < 4.78 is 0. The van der Waals surface area contributed by atoms with E-state index in [9.17, 15) is 5.11 Å². The Balaban J connectivity index is 2.11. The van der Waals surface area contributed by atoms with Crippen LogP contribution in [0.2, 0.25) is 0 Å². The first kappa shape index (κ1) is 9.86. The molecule has 1 atom stereocenters. The molecule has 0 heterocycles. The largest absolute Gasteiger partial charge is 0.395 e. The second-order valence-corrected chi connectivity index (χ2v) is 4.61. The quantitative estimate of drug-likeness (QED) is 0.758. The number of aliphatic hydroxyl groups excluding tert-OH is 1. The molecule has 1 unspecified atom stereocenters. The van der Waals surface area contributed by atoms with Gasteiger partial charge in [0.25, 0.3) is 0 Å². The second kappa shape index (κ2) is 3.91. The number of hydrogen-bond donors (Lipinski definition) is 1. The number of benzene rings is 1. The summed E-state index contributed by atoms with van der Waals surface area (Å²) in [6, 6.07) is 8.51. The predicted molar refractivity (Wildman–Crippen MR) is 65.4 cm³/mol. The van der Waals surface area contributed by atoms with E-state index in [1.54, 1.807) is 0 Å². The van der Waals surface area contributed by atoms with Crippen LogP contribution in [0, 0.1) is 0 Å². The summed E-state index contributed by atoms with van der Waals surface area (Å²) in [5, 5.41) is 9.61. The van der Waals surface area contributed by atoms with Gasteiger partial charge in [-0.15, -0.1) is 0 Å². The van der Waals surface area contributed by atoms with Gasteiger partial charge in [0.1, 0.15) is 0 Å². The lowest BCUT2D eigenvalue weighted by Gasteiger charge is -2.30. The minimum atomic E-state index is 0.205. The van der Waals surface area contributed by atoms with Crippen LogP contribution in [0.1, 0.15) is 29.9 Å². The Kier molecular flexibility index (Phi) is 2.41. The van der Waals surface area contributed by atoms with Crippen molar-refractivity contribution in [2.45, 2.75) is 25.2 Å². The minimum Gasteiger partial charge on any atom is -0.395 e. The van der Waals surface area contributed by atoms with E-state index < -0.39 is 0 Å². The Hall–Kier alpha value is -1.34. The Labute approximate surface area is 96.1 Å². The Morgan fingerprint density at radius 2 is 2.12 bits per heavy atom. The summed E-state index contributed by atoms with van der Waals surface area (Å²) in [7, 11) is 0. The molecule has 82 valence electrons. The normalized spacial score (nSPS) is 22.9. The molecule has 1 N–H and O–H groups in total. The van der Waals surface area contributed by atoms with Crippen molar-refractivity contribution in [3.63, 3.8) is 0 Å². The highest BCUT2D eigenvalue weighted by molar-refractivity contribution is 5.49. The number of allylic oxidation sites excluding steroid dienone is 3. The summed E-state index contributed by atoms with van der Waals surface area (Å²) in [5.41, 5.74) is 5.61. The second-order valence-electron chi connectivity index (χ2n) is 4.61. The number of fused-ring (bicyclic) bond motifs is 1. The fourth-order valence-corrected chi connectivity index (χ4v) is 2.91. The maximum Gasteiger partial charge on any atom is 0.0540 e. The van der Waals surface area contributed by atoms with E-state index in [0.717, 1.165) is 19.3 Å². The van der Waals surface area contributed by atoms with Gasteiger partial charge in [-0.25, -0.2) is 0 Å². The molecule has 0 aromatic heterocycles. The highest BCUT2D eigenvalue weighted by atomic mass is 16.3. The van der Waals surface area contributed by atoms with Gasteiger partial charge in [0.15, 0.2) is 0 Å². The monoisotopic (exact) mass is 212 g/mol. The molecule has 1 aromatic rings. The first-order valence-corrected chi connectivity index (χ1v) is 5.97. The minimum absolute atomic E-state index is 0.205. The third-order valence-corrected chi connectivity index (χ3v) is 3.71. The van der Waals surface area contributed by atoms with Crippen LogP contribution in [0.4, 0.5) is 0 Å². The third-order valence-electron chi connectivity index (χ3n) is 3.71.